The van der Waals surface area contributed by atoms with Crippen molar-refractivity contribution in [1.29, 1.82) is 0 Å². The molecule has 2 aromatic carbocycles. The van der Waals surface area contributed by atoms with Gasteiger partial charge in [0.1, 0.15) is 0 Å². The van der Waals surface area contributed by atoms with Crippen LogP contribution in [0.1, 0.15) is 19.3 Å². The number of halogens is 1. The van der Waals surface area contributed by atoms with Gasteiger partial charge in [0.05, 0.1) is 6.04 Å². The number of para-hydroxylation sites is 1. The lowest BCUT2D eigenvalue weighted by Crippen LogP contribution is -2.43. The molecule has 0 radical (unpaired) electrons. The van der Waals surface area contributed by atoms with Crippen molar-refractivity contribution >= 4 is 35.4 Å². The minimum atomic E-state index is -0.0699. The van der Waals surface area contributed by atoms with E-state index >= 15 is 0 Å². The van der Waals surface area contributed by atoms with E-state index in [2.05, 4.69) is 16.0 Å². The van der Waals surface area contributed by atoms with Crippen LogP contribution in [0.3, 0.4) is 0 Å². The molecular formula is C18H22ClN3O. The molecule has 3 N–H and O–H groups in total. The first-order valence-corrected chi connectivity index (χ1v) is 7.78. The monoisotopic (exact) mass is 331 g/mol. The van der Waals surface area contributed by atoms with Gasteiger partial charge in [-0.3, -0.25) is 4.79 Å². The lowest BCUT2D eigenvalue weighted by molar-refractivity contribution is -0.118. The maximum absolute atomic E-state index is 12.2. The van der Waals surface area contributed by atoms with Crippen molar-refractivity contribution in [2.45, 2.75) is 25.3 Å². The van der Waals surface area contributed by atoms with E-state index in [-0.39, 0.29) is 24.4 Å². The van der Waals surface area contributed by atoms with Crippen molar-refractivity contribution in [3.05, 3.63) is 54.6 Å². The van der Waals surface area contributed by atoms with Gasteiger partial charge in [0.25, 0.3) is 0 Å². The summed E-state index contributed by atoms with van der Waals surface area (Å²) in [6.07, 6.45) is 3.18. The predicted molar refractivity (Wildman–Crippen MR) is 97.7 cm³/mol. The molecule has 1 unspecified atom stereocenters. The number of hydrogen-bond acceptors (Lipinski definition) is 3. The number of amides is 1. The van der Waals surface area contributed by atoms with Crippen LogP contribution in [-0.2, 0) is 4.79 Å². The van der Waals surface area contributed by atoms with Crippen LogP contribution in [0.5, 0.6) is 0 Å². The Morgan fingerprint density at radius 3 is 2.43 bits per heavy atom. The lowest BCUT2D eigenvalue weighted by atomic mass is 10.0. The molecule has 0 saturated carbocycles. The molecule has 1 saturated heterocycles. The van der Waals surface area contributed by atoms with Crippen molar-refractivity contribution in [2.24, 2.45) is 0 Å². The quantitative estimate of drug-likeness (QED) is 0.795. The van der Waals surface area contributed by atoms with Gasteiger partial charge in [0.15, 0.2) is 0 Å². The number of nitrogens with one attached hydrogen (secondary N) is 3. The third-order valence-corrected chi connectivity index (χ3v) is 3.82. The summed E-state index contributed by atoms with van der Waals surface area (Å²) in [7, 11) is 0. The average Bonchev–Trinajstić information content (AvgIpc) is 2.57. The summed E-state index contributed by atoms with van der Waals surface area (Å²) >= 11 is 0. The van der Waals surface area contributed by atoms with E-state index in [9.17, 15) is 4.79 Å². The molecule has 1 aliphatic rings. The van der Waals surface area contributed by atoms with Crippen LogP contribution in [0.25, 0.3) is 0 Å². The number of benzene rings is 2. The van der Waals surface area contributed by atoms with E-state index in [1.54, 1.807) is 0 Å². The van der Waals surface area contributed by atoms with Crippen LogP contribution >= 0.6 is 12.4 Å². The zero-order chi connectivity index (χ0) is 15.2. The Kier molecular flexibility index (Phi) is 6.44. The van der Waals surface area contributed by atoms with Gasteiger partial charge in [0, 0.05) is 17.1 Å². The Bertz CT molecular complexity index is 627. The largest absolute Gasteiger partial charge is 0.355 e. The second-order valence-electron chi connectivity index (χ2n) is 5.56. The van der Waals surface area contributed by atoms with Gasteiger partial charge < -0.3 is 16.0 Å². The van der Waals surface area contributed by atoms with Gasteiger partial charge >= 0.3 is 0 Å². The number of anilines is 3. The molecule has 4 nitrogen and oxygen atoms in total. The Morgan fingerprint density at radius 2 is 1.70 bits per heavy atom. The number of hydrogen-bond donors (Lipinski definition) is 3. The summed E-state index contributed by atoms with van der Waals surface area (Å²) in [5.74, 6) is 0.0524. The fourth-order valence-electron chi connectivity index (χ4n) is 2.67. The second-order valence-corrected chi connectivity index (χ2v) is 5.56. The Morgan fingerprint density at radius 1 is 0.957 bits per heavy atom. The molecule has 23 heavy (non-hydrogen) atoms. The lowest BCUT2D eigenvalue weighted by Gasteiger charge is -2.22. The molecule has 122 valence electrons. The molecule has 0 bridgehead atoms. The molecule has 1 heterocycles. The maximum atomic E-state index is 12.2. The van der Waals surface area contributed by atoms with Crippen molar-refractivity contribution < 1.29 is 4.79 Å². The van der Waals surface area contributed by atoms with Crippen molar-refractivity contribution in [3.63, 3.8) is 0 Å². The Labute approximate surface area is 143 Å². The fraction of sp³-hybridized carbons (Fsp3) is 0.278. The minimum Gasteiger partial charge on any atom is -0.355 e. The van der Waals surface area contributed by atoms with E-state index in [0.29, 0.717) is 0 Å². The molecule has 0 aliphatic carbocycles. The van der Waals surface area contributed by atoms with Crippen molar-refractivity contribution in [2.75, 3.05) is 17.2 Å². The third-order valence-electron chi connectivity index (χ3n) is 3.82. The molecule has 3 rings (SSSR count). The first-order chi connectivity index (χ1) is 10.8. The van der Waals surface area contributed by atoms with E-state index in [0.717, 1.165) is 42.9 Å². The molecule has 0 spiro atoms. The zero-order valence-electron chi connectivity index (χ0n) is 12.9. The summed E-state index contributed by atoms with van der Waals surface area (Å²) in [4.78, 5) is 12.2. The first kappa shape index (κ1) is 17.3. The smallest absolute Gasteiger partial charge is 0.241 e. The third kappa shape index (κ3) is 4.98. The van der Waals surface area contributed by atoms with Gasteiger partial charge in [-0.1, -0.05) is 30.7 Å². The number of carbonyl (C=O) groups excluding carboxylic acids is 1. The van der Waals surface area contributed by atoms with Gasteiger partial charge in [-0.05, 0) is 49.7 Å². The van der Waals surface area contributed by atoms with Crippen molar-refractivity contribution in [3.8, 4) is 0 Å². The highest BCUT2D eigenvalue weighted by molar-refractivity contribution is 5.95. The fourth-order valence-corrected chi connectivity index (χ4v) is 2.67. The molecule has 1 fully saturated rings. The first-order valence-electron chi connectivity index (χ1n) is 7.78. The van der Waals surface area contributed by atoms with E-state index in [1.165, 1.54) is 0 Å². The summed E-state index contributed by atoms with van der Waals surface area (Å²) < 4.78 is 0. The molecule has 1 atom stereocenters. The van der Waals surface area contributed by atoms with E-state index in [4.69, 9.17) is 0 Å². The van der Waals surface area contributed by atoms with Crippen molar-refractivity contribution in [1.82, 2.24) is 5.32 Å². The van der Waals surface area contributed by atoms with Crippen LogP contribution < -0.4 is 16.0 Å². The summed E-state index contributed by atoms with van der Waals surface area (Å²) in [6, 6.07) is 17.7. The number of piperidine rings is 1. The molecule has 2 aromatic rings. The zero-order valence-corrected chi connectivity index (χ0v) is 13.7. The van der Waals surface area contributed by atoms with Crippen LogP contribution in [0, 0.1) is 0 Å². The molecular weight excluding hydrogens is 310 g/mol. The van der Waals surface area contributed by atoms with Crippen LogP contribution in [0.4, 0.5) is 17.1 Å². The summed E-state index contributed by atoms with van der Waals surface area (Å²) in [5, 5.41) is 9.59. The number of rotatable bonds is 4. The Hall–Kier alpha value is -2.04. The SMILES string of the molecule is Cl.O=C(Nc1cccc(Nc2ccccc2)c1)C1CCCCN1. The van der Waals surface area contributed by atoms with Gasteiger partial charge in [-0.2, -0.15) is 0 Å². The standard InChI is InChI=1S/C18H21N3O.ClH/c22-18(17-11-4-5-12-19-17)21-16-10-6-9-15(13-16)20-14-7-2-1-3-8-14;/h1-3,6-10,13,17,19-20H,4-5,11-12H2,(H,21,22);1H. The summed E-state index contributed by atoms with van der Waals surface area (Å²) in [5.41, 5.74) is 2.80. The number of carbonyl (C=O) groups is 1. The van der Waals surface area contributed by atoms with Crippen LogP contribution in [-0.4, -0.2) is 18.5 Å². The van der Waals surface area contributed by atoms with Gasteiger partial charge in [-0.15, -0.1) is 12.4 Å². The highest BCUT2D eigenvalue weighted by Crippen LogP contribution is 2.20. The molecule has 1 aliphatic heterocycles. The predicted octanol–water partition coefficient (Wildman–Crippen LogP) is 3.93. The highest BCUT2D eigenvalue weighted by atomic mass is 35.5. The molecule has 5 heteroatoms. The highest BCUT2D eigenvalue weighted by Gasteiger charge is 2.20. The minimum absolute atomic E-state index is 0. The maximum Gasteiger partial charge on any atom is 0.241 e. The Balaban J connectivity index is 0.00000192. The molecule has 0 aromatic heterocycles. The second kappa shape index (κ2) is 8.56. The van der Waals surface area contributed by atoms with E-state index in [1.807, 2.05) is 54.6 Å². The summed E-state index contributed by atoms with van der Waals surface area (Å²) in [6.45, 7) is 0.924. The normalized spacial score (nSPS) is 17.0. The van der Waals surface area contributed by atoms with E-state index < -0.39 is 0 Å². The van der Waals surface area contributed by atoms with Crippen LogP contribution in [0.15, 0.2) is 54.6 Å². The van der Waals surface area contributed by atoms with Gasteiger partial charge in [0.2, 0.25) is 5.91 Å². The van der Waals surface area contributed by atoms with Gasteiger partial charge in [-0.25, -0.2) is 0 Å². The average molecular weight is 332 g/mol. The van der Waals surface area contributed by atoms with Crippen LogP contribution in [0.2, 0.25) is 0 Å². The molecule has 1 amide bonds. The topological polar surface area (TPSA) is 53.2 Å².